The van der Waals surface area contributed by atoms with Crippen molar-refractivity contribution in [3.05, 3.63) is 41.5 Å². The molecule has 0 spiro atoms. The molecule has 0 atom stereocenters. The number of phenolic OH excluding ortho intramolecular Hbond substituents is 1. The minimum atomic E-state index is 0.0548. The summed E-state index contributed by atoms with van der Waals surface area (Å²) in [4.78, 5) is 14.1. The normalized spacial score (nSPS) is 10.5. The second-order valence-corrected chi connectivity index (χ2v) is 5.79. The summed E-state index contributed by atoms with van der Waals surface area (Å²) in [6.45, 7) is 2.00. The fraction of sp³-hybridized carbons (Fsp3) is 0.133. The zero-order chi connectivity index (χ0) is 15.5. The molecule has 0 aliphatic carbocycles. The average Bonchev–Trinajstić information content (AvgIpc) is 2.94. The number of aromatic nitrogens is 3. The molecule has 0 radical (unpaired) electrons. The van der Waals surface area contributed by atoms with Gasteiger partial charge in [0.05, 0.1) is 7.11 Å². The predicted molar refractivity (Wildman–Crippen MR) is 85.8 cm³/mol. The minimum absolute atomic E-state index is 0.0548. The molecule has 0 amide bonds. The van der Waals surface area contributed by atoms with Gasteiger partial charge in [0.2, 0.25) is 5.95 Å². The molecule has 0 unspecified atom stereocenters. The average molecular weight is 314 g/mol. The van der Waals surface area contributed by atoms with Gasteiger partial charge < -0.3 is 15.2 Å². The molecule has 0 bridgehead atoms. The second-order valence-electron chi connectivity index (χ2n) is 4.55. The maximum Gasteiger partial charge on any atom is 0.227 e. The van der Waals surface area contributed by atoms with Crippen LogP contribution in [0.1, 0.15) is 4.88 Å². The molecule has 2 N–H and O–H groups in total. The first kappa shape index (κ1) is 14.3. The van der Waals surface area contributed by atoms with Crippen molar-refractivity contribution >= 4 is 23.0 Å². The van der Waals surface area contributed by atoms with E-state index in [0.717, 1.165) is 15.6 Å². The summed E-state index contributed by atoms with van der Waals surface area (Å²) in [6.07, 6.45) is 3.49. The SMILES string of the molecule is COc1ccc(Nc2nccc(-c3ncc(C)s3)n2)cc1O. The quantitative estimate of drug-likeness (QED) is 0.768. The fourth-order valence-electron chi connectivity index (χ4n) is 1.91. The summed E-state index contributed by atoms with van der Waals surface area (Å²) in [6, 6.07) is 6.82. The van der Waals surface area contributed by atoms with Crippen molar-refractivity contribution in [1.29, 1.82) is 0 Å². The summed E-state index contributed by atoms with van der Waals surface area (Å²) < 4.78 is 5.01. The van der Waals surface area contributed by atoms with E-state index in [9.17, 15) is 5.11 Å². The van der Waals surface area contributed by atoms with Crippen molar-refractivity contribution in [3.8, 4) is 22.2 Å². The van der Waals surface area contributed by atoms with E-state index in [1.807, 2.05) is 19.2 Å². The Morgan fingerprint density at radius 3 is 2.77 bits per heavy atom. The number of benzene rings is 1. The lowest BCUT2D eigenvalue weighted by Gasteiger charge is -2.08. The maximum atomic E-state index is 9.79. The largest absolute Gasteiger partial charge is 0.504 e. The van der Waals surface area contributed by atoms with Crippen LogP contribution in [0.2, 0.25) is 0 Å². The third-order valence-electron chi connectivity index (χ3n) is 2.93. The minimum Gasteiger partial charge on any atom is -0.504 e. The van der Waals surface area contributed by atoms with Crippen LogP contribution >= 0.6 is 11.3 Å². The highest BCUT2D eigenvalue weighted by Gasteiger charge is 2.07. The topological polar surface area (TPSA) is 80.2 Å². The second kappa shape index (κ2) is 5.98. The highest BCUT2D eigenvalue weighted by atomic mass is 32.1. The van der Waals surface area contributed by atoms with Gasteiger partial charge in [-0.15, -0.1) is 11.3 Å². The number of rotatable bonds is 4. The molecule has 3 aromatic rings. The zero-order valence-corrected chi connectivity index (χ0v) is 12.9. The molecule has 7 heteroatoms. The number of nitrogens with one attached hydrogen (secondary N) is 1. The highest BCUT2D eigenvalue weighted by molar-refractivity contribution is 7.14. The number of aromatic hydroxyl groups is 1. The van der Waals surface area contributed by atoms with E-state index in [2.05, 4.69) is 20.3 Å². The van der Waals surface area contributed by atoms with Crippen LogP contribution in [-0.4, -0.2) is 27.2 Å². The third kappa shape index (κ3) is 2.99. The van der Waals surface area contributed by atoms with E-state index >= 15 is 0 Å². The van der Waals surface area contributed by atoms with Crippen molar-refractivity contribution < 1.29 is 9.84 Å². The standard InChI is InChI=1S/C15H14N4O2S/c1-9-8-17-14(22-9)11-5-6-16-15(19-11)18-10-3-4-13(21-2)12(20)7-10/h3-8,20H,1-2H3,(H,16,18,19). The Kier molecular flexibility index (Phi) is 3.88. The Balaban J connectivity index is 1.85. The van der Waals surface area contributed by atoms with Crippen LogP contribution < -0.4 is 10.1 Å². The van der Waals surface area contributed by atoms with E-state index in [1.54, 1.807) is 35.7 Å². The van der Waals surface area contributed by atoms with Gasteiger partial charge in [-0.3, -0.25) is 0 Å². The summed E-state index contributed by atoms with van der Waals surface area (Å²) in [5.74, 6) is 0.910. The van der Waals surface area contributed by atoms with Crippen LogP contribution in [0.25, 0.3) is 10.7 Å². The van der Waals surface area contributed by atoms with Crippen LogP contribution in [0.15, 0.2) is 36.7 Å². The molecule has 3 rings (SSSR count). The summed E-state index contributed by atoms with van der Waals surface area (Å²) >= 11 is 1.58. The van der Waals surface area contributed by atoms with Gasteiger partial charge in [-0.1, -0.05) is 0 Å². The van der Waals surface area contributed by atoms with Crippen LogP contribution in [0, 0.1) is 6.92 Å². The Labute approximate surface area is 131 Å². The number of hydrogen-bond acceptors (Lipinski definition) is 7. The number of nitrogens with zero attached hydrogens (tertiary/aromatic N) is 3. The number of hydrogen-bond donors (Lipinski definition) is 2. The Hall–Kier alpha value is -2.67. The van der Waals surface area contributed by atoms with Crippen molar-refractivity contribution in [2.75, 3.05) is 12.4 Å². The monoisotopic (exact) mass is 314 g/mol. The molecule has 112 valence electrons. The molecule has 6 nitrogen and oxygen atoms in total. The smallest absolute Gasteiger partial charge is 0.227 e. The lowest BCUT2D eigenvalue weighted by atomic mass is 10.3. The number of methoxy groups -OCH3 is 1. The van der Waals surface area contributed by atoms with E-state index in [4.69, 9.17) is 4.74 Å². The Morgan fingerprint density at radius 2 is 2.09 bits per heavy atom. The van der Waals surface area contributed by atoms with Gasteiger partial charge >= 0.3 is 0 Å². The molecule has 1 aromatic carbocycles. The maximum absolute atomic E-state index is 9.79. The molecular weight excluding hydrogens is 300 g/mol. The van der Waals surface area contributed by atoms with Crippen molar-refractivity contribution in [2.45, 2.75) is 6.92 Å². The first-order chi connectivity index (χ1) is 10.7. The lowest BCUT2D eigenvalue weighted by molar-refractivity contribution is 0.373. The fourth-order valence-corrected chi connectivity index (χ4v) is 2.64. The first-order valence-corrected chi connectivity index (χ1v) is 7.37. The van der Waals surface area contributed by atoms with E-state index < -0.39 is 0 Å². The molecule has 0 saturated carbocycles. The predicted octanol–water partition coefficient (Wildman–Crippen LogP) is 3.37. The number of ether oxygens (including phenoxy) is 1. The van der Waals surface area contributed by atoms with Crippen LogP contribution in [0.5, 0.6) is 11.5 Å². The van der Waals surface area contributed by atoms with Gasteiger partial charge in [0.1, 0.15) is 10.7 Å². The van der Waals surface area contributed by atoms with Crippen LogP contribution in [-0.2, 0) is 0 Å². The Morgan fingerprint density at radius 1 is 1.23 bits per heavy atom. The summed E-state index contributed by atoms with van der Waals surface area (Å²) in [5, 5.41) is 13.7. The molecule has 2 heterocycles. The molecular formula is C15H14N4O2S. The Bertz CT molecular complexity index is 804. The number of anilines is 2. The number of thiazole rings is 1. The number of phenols is 1. The van der Waals surface area contributed by atoms with Gasteiger partial charge in [0.25, 0.3) is 0 Å². The molecule has 22 heavy (non-hydrogen) atoms. The van der Waals surface area contributed by atoms with Gasteiger partial charge in [0, 0.05) is 29.0 Å². The lowest BCUT2D eigenvalue weighted by Crippen LogP contribution is -1.98. The van der Waals surface area contributed by atoms with Gasteiger partial charge in [0.15, 0.2) is 11.5 Å². The molecule has 2 aromatic heterocycles. The molecule has 0 aliphatic rings. The van der Waals surface area contributed by atoms with Gasteiger partial charge in [-0.2, -0.15) is 0 Å². The van der Waals surface area contributed by atoms with Crippen LogP contribution in [0.4, 0.5) is 11.6 Å². The first-order valence-electron chi connectivity index (χ1n) is 6.55. The van der Waals surface area contributed by atoms with E-state index in [1.165, 1.54) is 7.11 Å². The molecule has 0 fully saturated rings. The van der Waals surface area contributed by atoms with E-state index in [0.29, 0.717) is 17.4 Å². The van der Waals surface area contributed by atoms with Crippen LogP contribution in [0.3, 0.4) is 0 Å². The van der Waals surface area contributed by atoms with Gasteiger partial charge in [-0.05, 0) is 25.1 Å². The van der Waals surface area contributed by atoms with Crippen molar-refractivity contribution in [2.24, 2.45) is 0 Å². The van der Waals surface area contributed by atoms with E-state index in [-0.39, 0.29) is 5.75 Å². The van der Waals surface area contributed by atoms with Gasteiger partial charge in [-0.25, -0.2) is 15.0 Å². The zero-order valence-electron chi connectivity index (χ0n) is 12.1. The highest BCUT2D eigenvalue weighted by Crippen LogP contribution is 2.30. The summed E-state index contributed by atoms with van der Waals surface area (Å²) in [5.41, 5.74) is 1.43. The van der Waals surface area contributed by atoms with Crippen molar-refractivity contribution in [1.82, 2.24) is 15.0 Å². The number of aryl methyl sites for hydroxylation is 1. The third-order valence-corrected chi connectivity index (χ3v) is 3.87. The molecule has 0 aliphatic heterocycles. The summed E-state index contributed by atoms with van der Waals surface area (Å²) in [7, 11) is 1.50. The molecule has 0 saturated heterocycles. The van der Waals surface area contributed by atoms with Crippen molar-refractivity contribution in [3.63, 3.8) is 0 Å².